The van der Waals surface area contributed by atoms with Crippen LogP contribution in [0.5, 0.6) is 0 Å². The van der Waals surface area contributed by atoms with Crippen molar-refractivity contribution >= 4 is 23.4 Å². The predicted octanol–water partition coefficient (Wildman–Crippen LogP) is 3.45. The van der Waals surface area contributed by atoms with Gasteiger partial charge in [0.05, 0.1) is 22.5 Å². The zero-order chi connectivity index (χ0) is 18.1. The Kier molecular flexibility index (Phi) is 3.50. The SMILES string of the molecule is CC(C)(C)N1C(=O)C[C@H](NC(=O)C23CC2C3)[C@H]1c1ccc(Cl)c(F)c1. The first-order valence-corrected chi connectivity index (χ1v) is 9.09. The molecule has 1 heterocycles. The van der Waals surface area contributed by atoms with Gasteiger partial charge in [-0.25, -0.2) is 4.39 Å². The Morgan fingerprint density at radius 3 is 2.52 bits per heavy atom. The molecule has 134 valence electrons. The third-order valence-electron chi connectivity index (χ3n) is 5.78. The monoisotopic (exact) mass is 364 g/mol. The van der Waals surface area contributed by atoms with Gasteiger partial charge in [-0.2, -0.15) is 0 Å². The molecule has 0 spiro atoms. The molecule has 1 aromatic rings. The van der Waals surface area contributed by atoms with E-state index in [0.717, 1.165) is 12.8 Å². The predicted molar refractivity (Wildman–Crippen MR) is 92.5 cm³/mol. The van der Waals surface area contributed by atoms with Gasteiger partial charge in [-0.15, -0.1) is 0 Å². The molecule has 25 heavy (non-hydrogen) atoms. The van der Waals surface area contributed by atoms with Gasteiger partial charge < -0.3 is 10.2 Å². The molecule has 2 atom stereocenters. The summed E-state index contributed by atoms with van der Waals surface area (Å²) in [7, 11) is 0. The van der Waals surface area contributed by atoms with Crippen molar-refractivity contribution in [3.63, 3.8) is 0 Å². The van der Waals surface area contributed by atoms with E-state index in [4.69, 9.17) is 11.6 Å². The van der Waals surface area contributed by atoms with Gasteiger partial charge in [0.25, 0.3) is 0 Å². The highest BCUT2D eigenvalue weighted by Crippen LogP contribution is 2.75. The summed E-state index contributed by atoms with van der Waals surface area (Å²) in [6.07, 6.45) is 2.16. The van der Waals surface area contributed by atoms with Crippen LogP contribution in [-0.4, -0.2) is 28.3 Å². The van der Waals surface area contributed by atoms with Crippen molar-refractivity contribution in [2.75, 3.05) is 0 Å². The van der Waals surface area contributed by atoms with E-state index in [9.17, 15) is 14.0 Å². The zero-order valence-electron chi connectivity index (χ0n) is 14.6. The topological polar surface area (TPSA) is 49.4 Å². The van der Waals surface area contributed by atoms with E-state index in [2.05, 4.69) is 5.32 Å². The number of amides is 2. The summed E-state index contributed by atoms with van der Waals surface area (Å²) in [5, 5.41) is 3.13. The van der Waals surface area contributed by atoms with Crippen LogP contribution in [0.4, 0.5) is 4.39 Å². The van der Waals surface area contributed by atoms with Crippen molar-refractivity contribution in [3.8, 4) is 0 Å². The van der Waals surface area contributed by atoms with E-state index in [0.29, 0.717) is 11.5 Å². The van der Waals surface area contributed by atoms with E-state index in [-0.39, 0.29) is 34.7 Å². The molecule has 1 N–H and O–H groups in total. The van der Waals surface area contributed by atoms with Crippen molar-refractivity contribution in [2.24, 2.45) is 11.3 Å². The number of nitrogens with zero attached hydrogens (tertiary/aromatic N) is 1. The average Bonchev–Trinajstić information content (AvgIpc) is 3.33. The van der Waals surface area contributed by atoms with Gasteiger partial charge in [0.1, 0.15) is 5.82 Å². The third kappa shape index (κ3) is 2.64. The van der Waals surface area contributed by atoms with Crippen LogP contribution < -0.4 is 5.32 Å². The number of fused-ring (bicyclic) bond motifs is 1. The molecule has 0 unspecified atom stereocenters. The molecule has 3 fully saturated rings. The quantitative estimate of drug-likeness (QED) is 0.893. The lowest BCUT2D eigenvalue weighted by Gasteiger charge is -2.39. The Hall–Kier alpha value is -1.62. The maximum absolute atomic E-state index is 14.0. The van der Waals surface area contributed by atoms with Gasteiger partial charge in [0.15, 0.2) is 0 Å². The fourth-order valence-corrected chi connectivity index (χ4v) is 4.23. The largest absolute Gasteiger partial charge is 0.350 e. The molecule has 0 bridgehead atoms. The second-order valence-corrected chi connectivity index (χ2v) is 9.01. The Morgan fingerprint density at radius 1 is 1.36 bits per heavy atom. The maximum atomic E-state index is 14.0. The minimum absolute atomic E-state index is 0.0289. The fraction of sp³-hybridized carbons (Fsp3) is 0.579. The first-order chi connectivity index (χ1) is 11.6. The minimum atomic E-state index is -0.513. The molecule has 6 heteroatoms. The number of carbonyl (C=O) groups excluding carboxylic acids is 2. The molecule has 2 amide bonds. The first kappa shape index (κ1) is 16.8. The smallest absolute Gasteiger partial charge is 0.226 e. The summed E-state index contributed by atoms with van der Waals surface area (Å²) in [6.45, 7) is 5.85. The average molecular weight is 365 g/mol. The molecule has 2 saturated carbocycles. The van der Waals surface area contributed by atoms with E-state index >= 15 is 0 Å². The molecule has 0 aromatic heterocycles. The van der Waals surface area contributed by atoms with Crippen molar-refractivity contribution in [1.29, 1.82) is 0 Å². The lowest BCUT2D eigenvalue weighted by Crippen LogP contribution is -2.47. The van der Waals surface area contributed by atoms with E-state index < -0.39 is 17.4 Å². The summed E-state index contributed by atoms with van der Waals surface area (Å²) in [6, 6.07) is 3.87. The second kappa shape index (κ2) is 5.19. The van der Waals surface area contributed by atoms with Crippen LogP contribution in [0.15, 0.2) is 18.2 Å². The molecule has 0 radical (unpaired) electrons. The van der Waals surface area contributed by atoms with Gasteiger partial charge >= 0.3 is 0 Å². The molecule has 1 aliphatic heterocycles. The number of carbonyl (C=O) groups is 2. The highest BCUT2D eigenvalue weighted by atomic mass is 35.5. The summed E-state index contributed by atoms with van der Waals surface area (Å²) in [4.78, 5) is 27.0. The van der Waals surface area contributed by atoms with Gasteiger partial charge in [0, 0.05) is 12.0 Å². The molecule has 4 nitrogen and oxygen atoms in total. The summed E-state index contributed by atoms with van der Waals surface area (Å²) >= 11 is 5.81. The van der Waals surface area contributed by atoms with Gasteiger partial charge in [-0.05, 0) is 57.2 Å². The lowest BCUT2D eigenvalue weighted by atomic mass is 9.96. The second-order valence-electron chi connectivity index (χ2n) is 8.60. The summed E-state index contributed by atoms with van der Waals surface area (Å²) < 4.78 is 14.0. The van der Waals surface area contributed by atoms with Crippen LogP contribution in [-0.2, 0) is 9.59 Å². The Balaban J connectivity index is 1.67. The molecule has 4 rings (SSSR count). The van der Waals surface area contributed by atoms with Crippen molar-refractivity contribution < 1.29 is 14.0 Å². The standard InChI is InChI=1S/C19H22ClFN2O2/c1-18(2,3)23-15(24)7-14(22-17(25)19-8-11(19)9-19)16(23)10-4-5-12(20)13(21)6-10/h4-6,11,14,16H,7-9H2,1-3H3,(H,22,25)/t11?,14-,16+,19?/m0/s1. The minimum Gasteiger partial charge on any atom is -0.350 e. The number of halogens is 2. The van der Waals surface area contributed by atoms with E-state index in [1.807, 2.05) is 20.8 Å². The van der Waals surface area contributed by atoms with Gasteiger partial charge in [-0.3, -0.25) is 9.59 Å². The van der Waals surface area contributed by atoms with Crippen LogP contribution in [0, 0.1) is 17.2 Å². The summed E-state index contributed by atoms with van der Waals surface area (Å²) in [5.74, 6) is 0.0412. The number of nitrogens with one attached hydrogen (secondary N) is 1. The zero-order valence-corrected chi connectivity index (χ0v) is 15.4. The lowest BCUT2D eigenvalue weighted by molar-refractivity contribution is -0.133. The van der Waals surface area contributed by atoms with E-state index in [1.165, 1.54) is 12.1 Å². The van der Waals surface area contributed by atoms with E-state index in [1.54, 1.807) is 11.0 Å². The van der Waals surface area contributed by atoms with Crippen molar-refractivity contribution in [1.82, 2.24) is 10.2 Å². The number of hydrogen-bond donors (Lipinski definition) is 1. The van der Waals surface area contributed by atoms with Gasteiger partial charge in [-0.1, -0.05) is 17.7 Å². The Morgan fingerprint density at radius 2 is 2.00 bits per heavy atom. The number of benzene rings is 1. The van der Waals surface area contributed by atoms with Crippen LogP contribution in [0.2, 0.25) is 5.02 Å². The van der Waals surface area contributed by atoms with Crippen molar-refractivity contribution in [3.05, 3.63) is 34.6 Å². The normalized spacial score (nSPS) is 33.2. The van der Waals surface area contributed by atoms with Crippen LogP contribution >= 0.6 is 11.6 Å². The molecule has 3 aliphatic rings. The summed E-state index contributed by atoms with van der Waals surface area (Å²) in [5.41, 5.74) is 0.0688. The molecular weight excluding hydrogens is 343 g/mol. The highest BCUT2D eigenvalue weighted by molar-refractivity contribution is 6.30. The fourth-order valence-electron chi connectivity index (χ4n) is 4.12. The maximum Gasteiger partial charge on any atom is 0.226 e. The van der Waals surface area contributed by atoms with Crippen molar-refractivity contribution in [2.45, 2.75) is 57.7 Å². The Bertz CT molecular complexity index is 767. The Labute approximate surface area is 151 Å². The highest BCUT2D eigenvalue weighted by Gasteiger charge is 2.74. The molecular formula is C19H22ClFN2O2. The van der Waals surface area contributed by atoms with Gasteiger partial charge in [0.2, 0.25) is 11.8 Å². The van der Waals surface area contributed by atoms with Crippen LogP contribution in [0.1, 0.15) is 51.6 Å². The van der Waals surface area contributed by atoms with Crippen LogP contribution in [0.25, 0.3) is 0 Å². The van der Waals surface area contributed by atoms with Crippen LogP contribution in [0.3, 0.4) is 0 Å². The molecule has 1 aromatic carbocycles. The first-order valence-electron chi connectivity index (χ1n) is 8.71. The molecule has 1 saturated heterocycles. The molecule has 2 aliphatic carbocycles. The third-order valence-corrected chi connectivity index (χ3v) is 6.09. The number of likely N-dealkylation sites (tertiary alicyclic amines) is 1. The number of rotatable bonds is 3. The number of hydrogen-bond acceptors (Lipinski definition) is 2.